The highest BCUT2D eigenvalue weighted by Crippen LogP contribution is 2.35. The summed E-state index contributed by atoms with van der Waals surface area (Å²) in [5.41, 5.74) is -0.656. The number of rotatable bonds is 4. The van der Waals surface area contributed by atoms with Gasteiger partial charge in [0.2, 0.25) is 0 Å². The monoisotopic (exact) mass is 264 g/mol. The van der Waals surface area contributed by atoms with Crippen molar-refractivity contribution in [1.82, 2.24) is 5.32 Å². The summed E-state index contributed by atoms with van der Waals surface area (Å²) in [6.07, 6.45) is 0.806. The number of nitro benzene ring substituents is 1. The van der Waals surface area contributed by atoms with E-state index in [1.54, 1.807) is 0 Å². The highest BCUT2D eigenvalue weighted by atomic mass is 16.6. The summed E-state index contributed by atoms with van der Waals surface area (Å²) in [6, 6.07) is 3.94. The minimum absolute atomic E-state index is 0.0732. The first-order valence-electron chi connectivity index (χ1n) is 5.67. The van der Waals surface area contributed by atoms with Crippen LogP contribution in [0.15, 0.2) is 18.2 Å². The van der Waals surface area contributed by atoms with Crippen LogP contribution < -0.4 is 5.32 Å². The molecule has 1 aliphatic carbocycles. The minimum Gasteiger partial charge on any atom is -0.480 e. The molecule has 0 atom stereocenters. The number of aryl methyl sites for hydroxylation is 1. The van der Waals surface area contributed by atoms with E-state index in [9.17, 15) is 19.7 Å². The van der Waals surface area contributed by atoms with E-state index in [0.29, 0.717) is 18.4 Å². The highest BCUT2D eigenvalue weighted by molar-refractivity contribution is 5.99. The molecule has 0 unspecified atom stereocenters. The first-order valence-corrected chi connectivity index (χ1v) is 5.67. The topological polar surface area (TPSA) is 110 Å². The predicted molar refractivity (Wildman–Crippen MR) is 64.9 cm³/mol. The molecular formula is C12H12N2O5. The van der Waals surface area contributed by atoms with Gasteiger partial charge in [0.15, 0.2) is 0 Å². The summed E-state index contributed by atoms with van der Waals surface area (Å²) in [7, 11) is 0. The zero-order valence-corrected chi connectivity index (χ0v) is 10.2. The van der Waals surface area contributed by atoms with Crippen molar-refractivity contribution in [2.75, 3.05) is 0 Å². The van der Waals surface area contributed by atoms with Crippen molar-refractivity contribution in [2.45, 2.75) is 25.3 Å². The molecule has 0 bridgehead atoms. The van der Waals surface area contributed by atoms with Crippen molar-refractivity contribution in [3.05, 3.63) is 39.4 Å². The van der Waals surface area contributed by atoms with Crippen LogP contribution in [-0.2, 0) is 4.79 Å². The van der Waals surface area contributed by atoms with Crippen LogP contribution in [0, 0.1) is 17.0 Å². The molecule has 1 aromatic carbocycles. The SMILES string of the molecule is Cc1cc(C(=O)NC2(C(=O)O)CC2)ccc1[N+](=O)[O-]. The van der Waals surface area contributed by atoms with E-state index in [1.807, 2.05) is 0 Å². The zero-order chi connectivity index (χ0) is 14.2. The fourth-order valence-electron chi connectivity index (χ4n) is 1.81. The highest BCUT2D eigenvalue weighted by Gasteiger charge is 2.51. The number of nitro groups is 1. The molecular weight excluding hydrogens is 252 g/mol. The van der Waals surface area contributed by atoms with E-state index in [-0.39, 0.29) is 11.3 Å². The summed E-state index contributed by atoms with van der Waals surface area (Å²) in [5.74, 6) is -1.59. The minimum atomic E-state index is -1.16. The number of carbonyl (C=O) groups is 2. The molecule has 7 heteroatoms. The summed E-state index contributed by atoms with van der Waals surface area (Å²) in [4.78, 5) is 33.0. The lowest BCUT2D eigenvalue weighted by Crippen LogP contribution is -2.43. The molecule has 0 saturated heterocycles. The Morgan fingerprint density at radius 1 is 1.42 bits per heavy atom. The number of benzene rings is 1. The molecule has 1 fully saturated rings. The van der Waals surface area contributed by atoms with Crippen LogP contribution in [0.3, 0.4) is 0 Å². The standard InChI is InChI=1S/C12H12N2O5/c1-7-6-8(2-3-9(7)14(18)19)10(15)13-12(4-5-12)11(16)17/h2-3,6H,4-5H2,1H3,(H,13,15)(H,16,17). The van der Waals surface area contributed by atoms with Gasteiger partial charge >= 0.3 is 5.97 Å². The van der Waals surface area contributed by atoms with Crippen molar-refractivity contribution in [2.24, 2.45) is 0 Å². The van der Waals surface area contributed by atoms with E-state index in [1.165, 1.54) is 25.1 Å². The lowest BCUT2D eigenvalue weighted by molar-refractivity contribution is -0.385. The molecule has 1 amide bonds. The van der Waals surface area contributed by atoms with Crippen LogP contribution >= 0.6 is 0 Å². The molecule has 19 heavy (non-hydrogen) atoms. The fraction of sp³-hybridized carbons (Fsp3) is 0.333. The summed E-state index contributed by atoms with van der Waals surface area (Å²) in [5, 5.41) is 22.1. The van der Waals surface area contributed by atoms with E-state index in [2.05, 4.69) is 5.32 Å². The second-order valence-electron chi connectivity index (χ2n) is 4.60. The van der Waals surface area contributed by atoms with Crippen LogP contribution in [0.4, 0.5) is 5.69 Å². The van der Waals surface area contributed by atoms with Crippen LogP contribution in [0.1, 0.15) is 28.8 Å². The number of amides is 1. The summed E-state index contributed by atoms with van der Waals surface area (Å²) >= 11 is 0. The lowest BCUT2D eigenvalue weighted by Gasteiger charge is -2.12. The Hall–Kier alpha value is -2.44. The van der Waals surface area contributed by atoms with Gasteiger partial charge in [-0.05, 0) is 31.9 Å². The average Bonchev–Trinajstić information content (AvgIpc) is 3.09. The van der Waals surface area contributed by atoms with Gasteiger partial charge in [0.25, 0.3) is 11.6 Å². The number of aliphatic carboxylic acids is 1. The number of hydrogen-bond acceptors (Lipinski definition) is 4. The molecule has 0 aliphatic heterocycles. The van der Waals surface area contributed by atoms with Crippen molar-refractivity contribution in [1.29, 1.82) is 0 Å². The second kappa shape index (κ2) is 4.34. The largest absolute Gasteiger partial charge is 0.480 e. The molecule has 2 N–H and O–H groups in total. The number of hydrogen-bond donors (Lipinski definition) is 2. The van der Waals surface area contributed by atoms with Crippen LogP contribution in [-0.4, -0.2) is 27.4 Å². The van der Waals surface area contributed by atoms with Gasteiger partial charge in [-0.3, -0.25) is 14.9 Å². The number of carbonyl (C=O) groups excluding carboxylic acids is 1. The Kier molecular flexibility index (Phi) is 2.97. The lowest BCUT2D eigenvalue weighted by atomic mass is 10.1. The Morgan fingerprint density at radius 3 is 2.47 bits per heavy atom. The van der Waals surface area contributed by atoms with Gasteiger partial charge in [-0.2, -0.15) is 0 Å². The molecule has 0 heterocycles. The molecule has 0 aromatic heterocycles. The molecule has 1 saturated carbocycles. The molecule has 0 radical (unpaired) electrons. The third-order valence-electron chi connectivity index (χ3n) is 3.17. The second-order valence-corrected chi connectivity index (χ2v) is 4.60. The average molecular weight is 264 g/mol. The van der Waals surface area contributed by atoms with Crippen LogP contribution in [0.25, 0.3) is 0 Å². The van der Waals surface area contributed by atoms with Gasteiger partial charge in [0.05, 0.1) is 4.92 Å². The third kappa shape index (κ3) is 2.40. The maximum absolute atomic E-state index is 11.9. The van der Waals surface area contributed by atoms with Crippen molar-refractivity contribution < 1.29 is 19.6 Å². The van der Waals surface area contributed by atoms with Gasteiger partial charge in [0, 0.05) is 17.2 Å². The van der Waals surface area contributed by atoms with Gasteiger partial charge in [-0.15, -0.1) is 0 Å². The molecule has 0 spiro atoms. The van der Waals surface area contributed by atoms with Gasteiger partial charge in [-0.25, -0.2) is 4.79 Å². The number of carboxylic acid groups (broad SMARTS) is 1. The normalized spacial score (nSPS) is 15.6. The molecule has 1 aliphatic rings. The van der Waals surface area contributed by atoms with Crippen molar-refractivity contribution >= 4 is 17.6 Å². The van der Waals surface area contributed by atoms with Crippen molar-refractivity contribution in [3.8, 4) is 0 Å². The van der Waals surface area contributed by atoms with Gasteiger partial charge in [-0.1, -0.05) is 0 Å². The molecule has 2 rings (SSSR count). The Balaban J connectivity index is 2.19. The molecule has 1 aromatic rings. The first-order chi connectivity index (χ1) is 8.85. The van der Waals surface area contributed by atoms with E-state index in [0.717, 1.165) is 0 Å². The van der Waals surface area contributed by atoms with E-state index >= 15 is 0 Å². The number of nitrogens with one attached hydrogen (secondary N) is 1. The Bertz CT molecular complexity index is 577. The smallest absolute Gasteiger partial charge is 0.329 e. The molecule has 7 nitrogen and oxygen atoms in total. The van der Waals surface area contributed by atoms with Crippen LogP contribution in [0.5, 0.6) is 0 Å². The fourth-order valence-corrected chi connectivity index (χ4v) is 1.81. The van der Waals surface area contributed by atoms with Gasteiger partial charge < -0.3 is 10.4 Å². The van der Waals surface area contributed by atoms with Crippen molar-refractivity contribution in [3.63, 3.8) is 0 Å². The first kappa shape index (κ1) is 13.0. The van der Waals surface area contributed by atoms with Gasteiger partial charge in [0.1, 0.15) is 5.54 Å². The Morgan fingerprint density at radius 2 is 2.05 bits per heavy atom. The van der Waals surface area contributed by atoms with E-state index < -0.39 is 22.3 Å². The van der Waals surface area contributed by atoms with E-state index in [4.69, 9.17) is 5.11 Å². The number of carboxylic acids is 1. The zero-order valence-electron chi connectivity index (χ0n) is 10.2. The van der Waals surface area contributed by atoms with Crippen LogP contribution in [0.2, 0.25) is 0 Å². The maximum atomic E-state index is 11.9. The number of nitrogens with zero attached hydrogens (tertiary/aromatic N) is 1. The summed E-state index contributed by atoms with van der Waals surface area (Å²) in [6.45, 7) is 1.53. The molecule has 100 valence electrons. The maximum Gasteiger partial charge on any atom is 0.329 e. The predicted octanol–water partition coefficient (Wildman–Crippen LogP) is 1.25. The quantitative estimate of drug-likeness (QED) is 0.628. The third-order valence-corrected chi connectivity index (χ3v) is 3.17. The Labute approximate surface area is 108 Å². The summed E-state index contributed by atoms with van der Waals surface area (Å²) < 4.78 is 0.